The molecule has 0 bridgehead atoms. The summed E-state index contributed by atoms with van der Waals surface area (Å²) in [5, 5.41) is 0. The number of hydrogen-bond donors (Lipinski definition) is 0. The molecule has 0 atom stereocenters. The molecule has 0 aromatic carbocycles. The van der Waals surface area contributed by atoms with Crippen molar-refractivity contribution in [3.05, 3.63) is 48.3 Å². The largest absolute Gasteiger partial charge is 0.467 e. The van der Waals surface area contributed by atoms with E-state index in [4.69, 9.17) is 23.0 Å². The molecule has 1 saturated heterocycles. The predicted octanol–water partition coefficient (Wildman–Crippen LogP) is 2.38. The number of rotatable bonds is 8. The molecule has 5 heteroatoms. The van der Waals surface area contributed by atoms with Crippen molar-refractivity contribution in [3.63, 3.8) is 0 Å². The Hall–Kier alpha value is -1.56. The second kappa shape index (κ2) is 5.61. The number of ether oxygens (including phenoxy) is 3. The molecule has 0 N–H and O–H groups in total. The lowest BCUT2D eigenvalue weighted by atomic mass is 10.2. The molecule has 2 aromatic rings. The van der Waals surface area contributed by atoms with Gasteiger partial charge in [0, 0.05) is 0 Å². The first kappa shape index (κ1) is 12.5. The normalized spacial score (nSPS) is 16.6. The van der Waals surface area contributed by atoms with Crippen molar-refractivity contribution < 1.29 is 23.0 Å². The molecule has 19 heavy (non-hydrogen) atoms. The quantitative estimate of drug-likeness (QED) is 0.685. The zero-order valence-corrected chi connectivity index (χ0v) is 10.5. The molecule has 1 fully saturated rings. The maximum absolute atomic E-state index is 5.57. The average Bonchev–Trinajstić information content (AvgIpc) is 2.87. The van der Waals surface area contributed by atoms with Gasteiger partial charge in [-0.2, -0.15) is 0 Å². The highest BCUT2D eigenvalue weighted by Gasteiger charge is 2.45. The fourth-order valence-electron chi connectivity index (χ4n) is 1.78. The van der Waals surface area contributed by atoms with Gasteiger partial charge in [0.05, 0.1) is 32.3 Å². The molecule has 3 heterocycles. The summed E-state index contributed by atoms with van der Waals surface area (Å²) in [4.78, 5) is 0. The van der Waals surface area contributed by atoms with Gasteiger partial charge in [0.1, 0.15) is 30.3 Å². The highest BCUT2D eigenvalue weighted by atomic mass is 16.6. The zero-order valence-electron chi connectivity index (χ0n) is 10.5. The monoisotopic (exact) mass is 264 g/mol. The Morgan fingerprint density at radius 2 is 1.47 bits per heavy atom. The van der Waals surface area contributed by atoms with Gasteiger partial charge in [-0.25, -0.2) is 0 Å². The summed E-state index contributed by atoms with van der Waals surface area (Å²) in [7, 11) is 0. The van der Waals surface area contributed by atoms with Crippen LogP contribution in [0.1, 0.15) is 11.5 Å². The second-order valence-corrected chi connectivity index (χ2v) is 4.62. The van der Waals surface area contributed by atoms with Gasteiger partial charge in [-0.05, 0) is 24.3 Å². The fraction of sp³-hybridized carbons (Fsp3) is 0.429. The van der Waals surface area contributed by atoms with E-state index < -0.39 is 0 Å². The van der Waals surface area contributed by atoms with Crippen molar-refractivity contribution in [1.29, 1.82) is 0 Å². The first-order valence-electron chi connectivity index (χ1n) is 6.21. The van der Waals surface area contributed by atoms with E-state index in [1.54, 1.807) is 12.5 Å². The SMILES string of the molecule is c1coc(COCC2(COCc3ccco3)CO2)c1. The molecule has 5 nitrogen and oxygen atoms in total. The predicted molar refractivity (Wildman–Crippen MR) is 65.4 cm³/mol. The summed E-state index contributed by atoms with van der Waals surface area (Å²) in [6, 6.07) is 7.45. The Morgan fingerprint density at radius 1 is 0.947 bits per heavy atom. The maximum Gasteiger partial charge on any atom is 0.138 e. The minimum Gasteiger partial charge on any atom is -0.467 e. The lowest BCUT2D eigenvalue weighted by molar-refractivity contribution is 0.000911. The molecule has 3 rings (SSSR count). The van der Waals surface area contributed by atoms with Crippen LogP contribution in [-0.2, 0) is 27.4 Å². The minimum absolute atomic E-state index is 0.292. The molecule has 0 saturated carbocycles. The van der Waals surface area contributed by atoms with E-state index in [1.807, 2.05) is 24.3 Å². The van der Waals surface area contributed by atoms with E-state index in [2.05, 4.69) is 0 Å². The van der Waals surface area contributed by atoms with Crippen molar-refractivity contribution >= 4 is 0 Å². The smallest absolute Gasteiger partial charge is 0.138 e. The maximum atomic E-state index is 5.57. The van der Waals surface area contributed by atoms with Crippen molar-refractivity contribution in [2.75, 3.05) is 19.8 Å². The van der Waals surface area contributed by atoms with Crippen molar-refractivity contribution in [3.8, 4) is 0 Å². The molecule has 0 amide bonds. The Balaban J connectivity index is 1.35. The third-order valence-electron chi connectivity index (χ3n) is 2.93. The van der Waals surface area contributed by atoms with E-state index in [-0.39, 0.29) is 5.60 Å². The molecule has 1 aliphatic rings. The van der Waals surface area contributed by atoms with Gasteiger partial charge in [-0.3, -0.25) is 0 Å². The van der Waals surface area contributed by atoms with Gasteiger partial charge in [-0.15, -0.1) is 0 Å². The first-order chi connectivity index (χ1) is 9.36. The summed E-state index contributed by atoms with van der Waals surface area (Å²) in [5.41, 5.74) is -0.292. The third-order valence-corrected chi connectivity index (χ3v) is 2.93. The molecule has 0 unspecified atom stereocenters. The van der Waals surface area contributed by atoms with E-state index in [9.17, 15) is 0 Å². The molecule has 0 radical (unpaired) electrons. The average molecular weight is 264 g/mol. The highest BCUT2D eigenvalue weighted by Crippen LogP contribution is 2.28. The summed E-state index contributed by atoms with van der Waals surface area (Å²) in [6.07, 6.45) is 3.27. The third kappa shape index (κ3) is 3.47. The van der Waals surface area contributed by atoms with Gasteiger partial charge < -0.3 is 23.0 Å². The van der Waals surface area contributed by atoms with Crippen molar-refractivity contribution in [1.82, 2.24) is 0 Å². The Bertz CT molecular complexity index is 428. The molecular weight excluding hydrogens is 248 g/mol. The van der Waals surface area contributed by atoms with E-state index in [0.717, 1.165) is 11.5 Å². The topological polar surface area (TPSA) is 57.3 Å². The standard InChI is InChI=1S/C14H16O5/c1-3-12(17-5-1)7-15-9-14(11-19-14)10-16-8-13-4-2-6-18-13/h1-6H,7-11H2. The van der Waals surface area contributed by atoms with Gasteiger partial charge in [0.2, 0.25) is 0 Å². The zero-order chi connectivity index (χ0) is 13.0. The van der Waals surface area contributed by atoms with Crippen LogP contribution < -0.4 is 0 Å². The highest BCUT2D eigenvalue weighted by molar-refractivity contribution is 4.98. The van der Waals surface area contributed by atoms with Crippen molar-refractivity contribution in [2.24, 2.45) is 0 Å². The lowest BCUT2D eigenvalue weighted by Gasteiger charge is -2.11. The molecule has 0 aliphatic carbocycles. The summed E-state index contributed by atoms with van der Waals surface area (Å²) >= 11 is 0. The van der Waals surface area contributed by atoms with Gasteiger partial charge >= 0.3 is 0 Å². The number of epoxide rings is 1. The number of furan rings is 2. The summed E-state index contributed by atoms with van der Waals surface area (Å²) < 4.78 is 26.9. The Labute approximate surface area is 111 Å². The minimum atomic E-state index is -0.292. The van der Waals surface area contributed by atoms with Gasteiger partial charge in [-0.1, -0.05) is 0 Å². The van der Waals surface area contributed by atoms with Crippen LogP contribution in [0.3, 0.4) is 0 Å². The summed E-state index contributed by atoms with van der Waals surface area (Å²) in [5.74, 6) is 1.62. The second-order valence-electron chi connectivity index (χ2n) is 4.62. The van der Waals surface area contributed by atoms with Crippen LogP contribution in [0.4, 0.5) is 0 Å². The molecule has 2 aromatic heterocycles. The van der Waals surface area contributed by atoms with Gasteiger partial charge in [0.25, 0.3) is 0 Å². The Morgan fingerprint density at radius 3 is 1.84 bits per heavy atom. The molecule has 0 spiro atoms. The van der Waals surface area contributed by atoms with E-state index >= 15 is 0 Å². The van der Waals surface area contributed by atoms with Crippen molar-refractivity contribution in [2.45, 2.75) is 18.8 Å². The van der Waals surface area contributed by atoms with Crippen LogP contribution in [0.25, 0.3) is 0 Å². The van der Waals surface area contributed by atoms with E-state index in [0.29, 0.717) is 33.0 Å². The first-order valence-corrected chi connectivity index (χ1v) is 6.21. The van der Waals surface area contributed by atoms with Crippen LogP contribution in [0, 0.1) is 0 Å². The Kier molecular flexibility index (Phi) is 3.68. The van der Waals surface area contributed by atoms with Crippen LogP contribution in [0.2, 0.25) is 0 Å². The number of hydrogen-bond acceptors (Lipinski definition) is 5. The molecular formula is C14H16O5. The van der Waals surface area contributed by atoms with Crippen LogP contribution in [-0.4, -0.2) is 25.4 Å². The van der Waals surface area contributed by atoms with Gasteiger partial charge in [0.15, 0.2) is 0 Å². The van der Waals surface area contributed by atoms with Crippen LogP contribution in [0.5, 0.6) is 0 Å². The molecule has 1 aliphatic heterocycles. The fourth-order valence-corrected chi connectivity index (χ4v) is 1.78. The van der Waals surface area contributed by atoms with Crippen LogP contribution in [0.15, 0.2) is 45.6 Å². The lowest BCUT2D eigenvalue weighted by Crippen LogP contribution is -2.25. The van der Waals surface area contributed by atoms with E-state index in [1.165, 1.54) is 0 Å². The summed E-state index contributed by atoms with van der Waals surface area (Å²) in [6.45, 7) is 2.59. The van der Waals surface area contributed by atoms with Crippen LogP contribution >= 0.6 is 0 Å². The molecule has 102 valence electrons.